The molecule has 1 aliphatic rings. The van der Waals surface area contributed by atoms with Crippen molar-refractivity contribution in [2.24, 2.45) is 0 Å². The summed E-state index contributed by atoms with van der Waals surface area (Å²) in [6, 6.07) is 0. The van der Waals surface area contributed by atoms with Gasteiger partial charge in [0, 0.05) is 6.21 Å². The van der Waals surface area contributed by atoms with Crippen LogP contribution in [-0.4, -0.2) is 6.21 Å². The first-order valence-electron chi connectivity index (χ1n) is 4.26. The summed E-state index contributed by atoms with van der Waals surface area (Å²) in [5.41, 5.74) is 2.70. The van der Waals surface area contributed by atoms with Crippen LogP contribution in [0.5, 0.6) is 0 Å². The Bertz CT molecular complexity index is 199. The van der Waals surface area contributed by atoms with Gasteiger partial charge in [0.1, 0.15) is 0 Å². The molecule has 0 atom stereocenters. The van der Waals surface area contributed by atoms with Crippen molar-refractivity contribution in [1.29, 1.82) is 5.41 Å². The molecule has 0 radical (unpaired) electrons. The van der Waals surface area contributed by atoms with E-state index in [0.29, 0.717) is 0 Å². The summed E-state index contributed by atoms with van der Waals surface area (Å²) < 4.78 is 0. The van der Waals surface area contributed by atoms with Crippen molar-refractivity contribution in [1.82, 2.24) is 0 Å². The number of rotatable bonds is 3. The lowest BCUT2D eigenvalue weighted by Gasteiger charge is -2.10. The number of hydrogen-bond acceptors (Lipinski definition) is 1. The molecule has 0 fully saturated rings. The Morgan fingerprint density at radius 2 is 2.27 bits per heavy atom. The molecular formula is C10H15N. The highest BCUT2D eigenvalue weighted by Gasteiger charge is 2.02. The minimum atomic E-state index is 1.06. The van der Waals surface area contributed by atoms with Crippen LogP contribution in [0.25, 0.3) is 0 Å². The molecule has 0 heterocycles. The summed E-state index contributed by atoms with van der Waals surface area (Å²) >= 11 is 0. The van der Waals surface area contributed by atoms with Crippen LogP contribution in [-0.2, 0) is 0 Å². The molecule has 1 nitrogen and oxygen atoms in total. The van der Waals surface area contributed by atoms with Gasteiger partial charge in [0.15, 0.2) is 0 Å². The highest BCUT2D eigenvalue weighted by atomic mass is 14.3. The molecular weight excluding hydrogens is 134 g/mol. The van der Waals surface area contributed by atoms with Gasteiger partial charge in [-0.15, -0.1) is 0 Å². The predicted octanol–water partition coefficient (Wildman–Crippen LogP) is 3.08. The van der Waals surface area contributed by atoms with Gasteiger partial charge in [-0.1, -0.05) is 31.1 Å². The van der Waals surface area contributed by atoms with E-state index < -0.39 is 0 Å². The van der Waals surface area contributed by atoms with E-state index in [2.05, 4.69) is 19.1 Å². The molecule has 0 saturated heterocycles. The Morgan fingerprint density at radius 3 is 2.73 bits per heavy atom. The number of allylic oxidation sites excluding steroid dienone is 4. The summed E-state index contributed by atoms with van der Waals surface area (Å²) in [7, 11) is 0. The zero-order valence-corrected chi connectivity index (χ0v) is 7.06. The quantitative estimate of drug-likeness (QED) is 0.596. The van der Waals surface area contributed by atoms with E-state index in [0.717, 1.165) is 18.4 Å². The fourth-order valence-electron chi connectivity index (χ4n) is 1.35. The van der Waals surface area contributed by atoms with Gasteiger partial charge in [-0.2, -0.15) is 0 Å². The second kappa shape index (κ2) is 4.12. The predicted molar refractivity (Wildman–Crippen MR) is 49.1 cm³/mol. The monoisotopic (exact) mass is 149 g/mol. The van der Waals surface area contributed by atoms with Gasteiger partial charge in [0.05, 0.1) is 0 Å². The van der Waals surface area contributed by atoms with Crippen molar-refractivity contribution in [3.8, 4) is 0 Å². The Kier molecular flexibility index (Phi) is 3.09. The Balaban J connectivity index is 2.54. The maximum atomic E-state index is 7.04. The van der Waals surface area contributed by atoms with Crippen LogP contribution in [0.15, 0.2) is 23.3 Å². The lowest BCUT2D eigenvalue weighted by molar-refractivity contribution is 0.814. The van der Waals surface area contributed by atoms with Gasteiger partial charge in [0.25, 0.3) is 0 Å². The third-order valence-electron chi connectivity index (χ3n) is 2.02. The highest BCUT2D eigenvalue weighted by Crippen LogP contribution is 2.20. The van der Waals surface area contributed by atoms with Crippen LogP contribution in [0.1, 0.15) is 32.6 Å². The van der Waals surface area contributed by atoms with Gasteiger partial charge < -0.3 is 5.41 Å². The van der Waals surface area contributed by atoms with Crippen LogP contribution < -0.4 is 0 Å². The lowest BCUT2D eigenvalue weighted by Crippen LogP contribution is -1.93. The standard InChI is InChI=1S/C10H15N/c1-2-3-9-4-6-10(8-11)7-5-9/h4,6,8,11H,2-3,5,7H2,1H3. The first-order valence-corrected chi connectivity index (χ1v) is 4.26. The van der Waals surface area contributed by atoms with Gasteiger partial charge in [-0.05, 0) is 24.8 Å². The molecule has 0 aromatic rings. The summed E-state index contributed by atoms with van der Waals surface area (Å²) in [5, 5.41) is 7.04. The van der Waals surface area contributed by atoms with Crippen LogP contribution in [0.4, 0.5) is 0 Å². The molecule has 11 heavy (non-hydrogen) atoms. The molecule has 0 aromatic carbocycles. The molecule has 1 rings (SSSR count). The fourth-order valence-corrected chi connectivity index (χ4v) is 1.35. The van der Waals surface area contributed by atoms with Gasteiger partial charge >= 0.3 is 0 Å². The number of hydrogen-bond donors (Lipinski definition) is 1. The summed E-state index contributed by atoms with van der Waals surface area (Å²) in [5.74, 6) is 0. The van der Waals surface area contributed by atoms with Crippen molar-refractivity contribution in [2.75, 3.05) is 0 Å². The molecule has 0 unspecified atom stereocenters. The lowest BCUT2D eigenvalue weighted by atomic mass is 9.96. The maximum absolute atomic E-state index is 7.04. The van der Waals surface area contributed by atoms with Crippen LogP contribution >= 0.6 is 0 Å². The van der Waals surface area contributed by atoms with E-state index in [-0.39, 0.29) is 0 Å². The van der Waals surface area contributed by atoms with E-state index in [1.165, 1.54) is 24.6 Å². The zero-order valence-electron chi connectivity index (χ0n) is 7.06. The molecule has 0 aliphatic heterocycles. The largest absolute Gasteiger partial charge is 0.308 e. The first kappa shape index (κ1) is 8.25. The summed E-state index contributed by atoms with van der Waals surface area (Å²) in [6.07, 6.45) is 10.4. The van der Waals surface area contributed by atoms with Crippen molar-refractivity contribution >= 4 is 6.21 Å². The molecule has 60 valence electrons. The maximum Gasteiger partial charge on any atom is 0.0209 e. The molecule has 0 spiro atoms. The SMILES string of the molecule is CCCC1=CC=C(C=N)CC1. The van der Waals surface area contributed by atoms with Crippen LogP contribution in [0.3, 0.4) is 0 Å². The summed E-state index contributed by atoms with van der Waals surface area (Å²) in [4.78, 5) is 0. The van der Waals surface area contributed by atoms with Gasteiger partial charge in [-0.25, -0.2) is 0 Å². The van der Waals surface area contributed by atoms with E-state index >= 15 is 0 Å². The average molecular weight is 149 g/mol. The van der Waals surface area contributed by atoms with E-state index in [9.17, 15) is 0 Å². The van der Waals surface area contributed by atoms with Crippen molar-refractivity contribution < 1.29 is 0 Å². The van der Waals surface area contributed by atoms with E-state index in [1.54, 1.807) is 0 Å². The van der Waals surface area contributed by atoms with Crippen LogP contribution in [0, 0.1) is 5.41 Å². The molecule has 0 saturated carbocycles. The van der Waals surface area contributed by atoms with Crippen molar-refractivity contribution in [3.63, 3.8) is 0 Å². The normalized spacial score (nSPS) is 17.2. The van der Waals surface area contributed by atoms with Gasteiger partial charge in [-0.3, -0.25) is 0 Å². The third kappa shape index (κ3) is 2.34. The first-order chi connectivity index (χ1) is 5.36. The van der Waals surface area contributed by atoms with E-state index in [1.807, 2.05) is 0 Å². The van der Waals surface area contributed by atoms with Gasteiger partial charge in [0.2, 0.25) is 0 Å². The molecule has 0 amide bonds. The Labute approximate surface area is 68.3 Å². The smallest absolute Gasteiger partial charge is 0.0209 e. The van der Waals surface area contributed by atoms with Crippen molar-refractivity contribution in [2.45, 2.75) is 32.6 Å². The second-order valence-electron chi connectivity index (χ2n) is 2.96. The van der Waals surface area contributed by atoms with Crippen LogP contribution in [0.2, 0.25) is 0 Å². The Morgan fingerprint density at radius 1 is 1.45 bits per heavy atom. The fraction of sp³-hybridized carbons (Fsp3) is 0.500. The highest BCUT2D eigenvalue weighted by molar-refractivity contribution is 5.76. The summed E-state index contributed by atoms with van der Waals surface area (Å²) in [6.45, 7) is 2.21. The molecule has 0 aromatic heterocycles. The average Bonchev–Trinajstić information content (AvgIpc) is 2.07. The topological polar surface area (TPSA) is 23.9 Å². The molecule has 1 N–H and O–H groups in total. The minimum Gasteiger partial charge on any atom is -0.308 e. The van der Waals surface area contributed by atoms with E-state index in [4.69, 9.17) is 5.41 Å². The second-order valence-corrected chi connectivity index (χ2v) is 2.96. The van der Waals surface area contributed by atoms with Crippen molar-refractivity contribution in [3.05, 3.63) is 23.3 Å². The number of nitrogens with one attached hydrogen (secondary N) is 1. The zero-order chi connectivity index (χ0) is 8.10. The Hall–Kier alpha value is -0.850. The molecule has 1 aliphatic carbocycles. The molecule has 1 heteroatoms. The molecule has 0 bridgehead atoms. The third-order valence-corrected chi connectivity index (χ3v) is 2.02. The minimum absolute atomic E-state index is 1.06.